The van der Waals surface area contributed by atoms with Gasteiger partial charge in [0.25, 0.3) is 5.69 Å². The largest absolute Gasteiger partial charge is 0.370 e. The Labute approximate surface area is 134 Å². The summed E-state index contributed by atoms with van der Waals surface area (Å²) in [7, 11) is 1.95. The molecule has 0 aliphatic rings. The van der Waals surface area contributed by atoms with Gasteiger partial charge in [-0.15, -0.1) is 22.9 Å². The molecule has 7 heteroatoms. The lowest BCUT2D eigenvalue weighted by Gasteiger charge is -2.19. The number of nitro benzene ring substituents is 1. The Balaban J connectivity index is 2.21. The zero-order chi connectivity index (χ0) is 14.7. The highest BCUT2D eigenvalue weighted by atomic mass is 79.9. The number of halogens is 2. The summed E-state index contributed by atoms with van der Waals surface area (Å²) in [6, 6.07) is 7.09. The number of hydrogen-bond donors (Lipinski definition) is 0. The van der Waals surface area contributed by atoms with Crippen LogP contribution in [0.25, 0.3) is 0 Å². The molecule has 0 spiro atoms. The minimum Gasteiger partial charge on any atom is -0.370 e. The van der Waals surface area contributed by atoms with E-state index < -0.39 is 4.92 Å². The van der Waals surface area contributed by atoms with Gasteiger partial charge in [-0.1, -0.05) is 0 Å². The lowest BCUT2D eigenvalue weighted by molar-refractivity contribution is -0.385. The summed E-state index contributed by atoms with van der Waals surface area (Å²) in [6.45, 7) is 0.738. The standard InChI is InChI=1S/C13H12BrClN2O2S/c1-16(7-9-4-13(14)20-8-9)11-2-3-12(17(18)19)10(5-11)6-15/h2-5,8H,6-7H2,1H3. The Kier molecular flexibility index (Phi) is 5.01. The second kappa shape index (κ2) is 6.56. The highest BCUT2D eigenvalue weighted by molar-refractivity contribution is 9.11. The van der Waals surface area contributed by atoms with Gasteiger partial charge in [0.15, 0.2) is 0 Å². The lowest BCUT2D eigenvalue weighted by atomic mass is 10.1. The van der Waals surface area contributed by atoms with Crippen molar-refractivity contribution in [1.82, 2.24) is 0 Å². The molecule has 0 bridgehead atoms. The van der Waals surface area contributed by atoms with Gasteiger partial charge in [-0.05, 0) is 45.1 Å². The molecule has 4 nitrogen and oxygen atoms in total. The molecule has 0 amide bonds. The topological polar surface area (TPSA) is 46.4 Å². The van der Waals surface area contributed by atoms with E-state index >= 15 is 0 Å². The summed E-state index contributed by atoms with van der Waals surface area (Å²) >= 11 is 10.9. The van der Waals surface area contributed by atoms with E-state index in [0.29, 0.717) is 5.56 Å². The van der Waals surface area contributed by atoms with Gasteiger partial charge in [0, 0.05) is 30.9 Å². The van der Waals surface area contributed by atoms with Crippen LogP contribution in [0.3, 0.4) is 0 Å². The van der Waals surface area contributed by atoms with Gasteiger partial charge in [0.2, 0.25) is 0 Å². The van der Waals surface area contributed by atoms with E-state index in [2.05, 4.69) is 27.4 Å². The van der Waals surface area contributed by atoms with E-state index in [0.717, 1.165) is 16.0 Å². The molecule has 2 rings (SSSR count). The second-order valence-electron chi connectivity index (χ2n) is 4.32. The first-order valence-electron chi connectivity index (χ1n) is 5.78. The van der Waals surface area contributed by atoms with Crippen molar-refractivity contribution in [2.24, 2.45) is 0 Å². The molecule has 1 heterocycles. The van der Waals surface area contributed by atoms with E-state index in [1.807, 2.05) is 11.9 Å². The fourth-order valence-corrected chi connectivity index (χ4v) is 3.30. The minimum atomic E-state index is -0.405. The molecule has 2 aromatic rings. The van der Waals surface area contributed by atoms with Crippen molar-refractivity contribution in [2.75, 3.05) is 11.9 Å². The summed E-state index contributed by atoms with van der Waals surface area (Å²) in [6.07, 6.45) is 0. The molecule has 0 unspecified atom stereocenters. The van der Waals surface area contributed by atoms with Gasteiger partial charge in [-0.3, -0.25) is 10.1 Å². The van der Waals surface area contributed by atoms with Crippen LogP contribution in [-0.2, 0) is 12.4 Å². The van der Waals surface area contributed by atoms with Gasteiger partial charge < -0.3 is 4.90 Å². The third-order valence-corrected chi connectivity index (χ3v) is 4.73. The van der Waals surface area contributed by atoms with Crippen molar-refractivity contribution in [3.8, 4) is 0 Å². The molecular weight excluding hydrogens is 364 g/mol. The van der Waals surface area contributed by atoms with Crippen LogP contribution in [-0.4, -0.2) is 12.0 Å². The third kappa shape index (κ3) is 3.50. The minimum absolute atomic E-state index is 0.0652. The van der Waals surface area contributed by atoms with Crippen molar-refractivity contribution < 1.29 is 4.92 Å². The van der Waals surface area contributed by atoms with Gasteiger partial charge in [-0.25, -0.2) is 0 Å². The normalized spacial score (nSPS) is 10.6. The molecule has 0 radical (unpaired) electrons. The maximum absolute atomic E-state index is 10.9. The third-order valence-electron chi connectivity index (χ3n) is 2.89. The SMILES string of the molecule is CN(Cc1csc(Br)c1)c1ccc([N+](=O)[O-])c(CCl)c1. The molecule has 0 atom stereocenters. The molecule has 1 aromatic carbocycles. The maximum Gasteiger partial charge on any atom is 0.273 e. The number of benzene rings is 1. The number of nitrogens with zero attached hydrogens (tertiary/aromatic N) is 2. The first kappa shape index (κ1) is 15.3. The summed E-state index contributed by atoms with van der Waals surface area (Å²) in [5.74, 6) is 0.127. The number of nitro groups is 1. The fraction of sp³-hybridized carbons (Fsp3) is 0.231. The van der Waals surface area contributed by atoms with E-state index in [-0.39, 0.29) is 11.6 Å². The molecule has 1 aromatic heterocycles. The van der Waals surface area contributed by atoms with Crippen LogP contribution < -0.4 is 4.90 Å². The summed E-state index contributed by atoms with van der Waals surface area (Å²) < 4.78 is 1.09. The quantitative estimate of drug-likeness (QED) is 0.428. The zero-order valence-electron chi connectivity index (χ0n) is 10.7. The Morgan fingerprint density at radius 1 is 1.45 bits per heavy atom. The smallest absolute Gasteiger partial charge is 0.273 e. The van der Waals surface area contributed by atoms with Crippen LogP contribution in [0.5, 0.6) is 0 Å². The molecule has 0 N–H and O–H groups in total. The summed E-state index contributed by atoms with van der Waals surface area (Å²) in [5, 5.41) is 13.0. The average molecular weight is 376 g/mol. The van der Waals surface area contributed by atoms with E-state index in [1.165, 1.54) is 11.6 Å². The van der Waals surface area contributed by atoms with Gasteiger partial charge in [-0.2, -0.15) is 0 Å². The fourth-order valence-electron chi connectivity index (χ4n) is 1.89. The highest BCUT2D eigenvalue weighted by Gasteiger charge is 2.14. The van der Waals surface area contributed by atoms with Crippen LogP contribution in [0.4, 0.5) is 11.4 Å². The van der Waals surface area contributed by atoms with Crippen LogP contribution in [0.1, 0.15) is 11.1 Å². The monoisotopic (exact) mass is 374 g/mol. The highest BCUT2D eigenvalue weighted by Crippen LogP contribution is 2.28. The maximum atomic E-state index is 10.9. The molecule has 0 aliphatic carbocycles. The first-order chi connectivity index (χ1) is 9.51. The molecule has 0 saturated carbocycles. The summed E-state index contributed by atoms with van der Waals surface area (Å²) in [5.41, 5.74) is 2.70. The van der Waals surface area contributed by atoms with E-state index in [1.54, 1.807) is 23.5 Å². The van der Waals surface area contributed by atoms with E-state index in [9.17, 15) is 10.1 Å². The number of anilines is 1. The van der Waals surface area contributed by atoms with Crippen LogP contribution in [0, 0.1) is 10.1 Å². The Hall–Kier alpha value is -1.11. The van der Waals surface area contributed by atoms with E-state index in [4.69, 9.17) is 11.6 Å². The zero-order valence-corrected chi connectivity index (χ0v) is 13.8. The molecular formula is C13H12BrClN2O2S. The molecule has 0 aliphatic heterocycles. The van der Waals surface area contributed by atoms with Crippen molar-refractivity contribution in [3.63, 3.8) is 0 Å². The first-order valence-corrected chi connectivity index (χ1v) is 7.99. The second-order valence-corrected chi connectivity index (χ2v) is 6.88. The lowest BCUT2D eigenvalue weighted by Crippen LogP contribution is -2.16. The summed E-state index contributed by atoms with van der Waals surface area (Å²) in [4.78, 5) is 12.5. The predicted molar refractivity (Wildman–Crippen MR) is 86.8 cm³/mol. The number of hydrogen-bond acceptors (Lipinski definition) is 4. The average Bonchev–Trinajstić information content (AvgIpc) is 2.83. The van der Waals surface area contributed by atoms with Crippen LogP contribution >= 0.6 is 38.9 Å². The van der Waals surface area contributed by atoms with Crippen LogP contribution in [0.15, 0.2) is 33.4 Å². The van der Waals surface area contributed by atoms with Gasteiger partial charge in [0.1, 0.15) is 0 Å². The van der Waals surface area contributed by atoms with Crippen LogP contribution in [0.2, 0.25) is 0 Å². The molecule has 20 heavy (non-hydrogen) atoms. The molecule has 106 valence electrons. The Morgan fingerprint density at radius 3 is 2.75 bits per heavy atom. The number of rotatable bonds is 5. The van der Waals surface area contributed by atoms with Gasteiger partial charge >= 0.3 is 0 Å². The number of thiophene rings is 1. The van der Waals surface area contributed by atoms with Gasteiger partial charge in [0.05, 0.1) is 14.6 Å². The Bertz CT molecular complexity index is 633. The van der Waals surface area contributed by atoms with Crippen molar-refractivity contribution in [2.45, 2.75) is 12.4 Å². The number of alkyl halides is 1. The molecule has 0 fully saturated rings. The Morgan fingerprint density at radius 2 is 2.20 bits per heavy atom. The molecule has 0 saturated heterocycles. The van der Waals surface area contributed by atoms with Crippen molar-refractivity contribution in [3.05, 3.63) is 54.7 Å². The van der Waals surface area contributed by atoms with Crippen molar-refractivity contribution in [1.29, 1.82) is 0 Å². The predicted octanol–water partition coefficient (Wildman–Crippen LogP) is 4.79. The van der Waals surface area contributed by atoms with Crippen molar-refractivity contribution >= 4 is 50.2 Å².